The van der Waals surface area contributed by atoms with E-state index in [0.717, 1.165) is 24.4 Å². The van der Waals surface area contributed by atoms with Crippen LogP contribution in [0, 0.1) is 0 Å². The summed E-state index contributed by atoms with van der Waals surface area (Å²) in [7, 11) is 1.66. The Morgan fingerprint density at radius 1 is 1.17 bits per heavy atom. The summed E-state index contributed by atoms with van der Waals surface area (Å²) >= 11 is 6.28. The number of benzene rings is 2. The second-order valence-electron chi connectivity index (χ2n) is 7.22. The first-order valence-electron chi connectivity index (χ1n) is 9.91. The molecule has 154 valence electrons. The fourth-order valence-corrected chi connectivity index (χ4v) is 4.14. The second-order valence-corrected chi connectivity index (χ2v) is 7.63. The maximum atomic E-state index is 12.8. The Morgan fingerprint density at radius 2 is 1.90 bits per heavy atom. The third-order valence-corrected chi connectivity index (χ3v) is 5.68. The van der Waals surface area contributed by atoms with E-state index in [9.17, 15) is 4.79 Å². The number of halogens is 1. The Labute approximate surface area is 175 Å². The molecule has 2 aromatic carbocycles. The lowest BCUT2D eigenvalue weighted by Crippen LogP contribution is -2.36. The summed E-state index contributed by atoms with van der Waals surface area (Å²) in [6.07, 6.45) is 2.36. The summed E-state index contributed by atoms with van der Waals surface area (Å²) in [6, 6.07) is 11.5. The highest BCUT2D eigenvalue weighted by atomic mass is 35.5. The van der Waals surface area contributed by atoms with Gasteiger partial charge in [-0.15, -0.1) is 0 Å². The van der Waals surface area contributed by atoms with Crippen LogP contribution in [-0.2, 0) is 0 Å². The molecule has 1 amide bonds. The lowest BCUT2D eigenvalue weighted by molar-refractivity contribution is 0.0936. The fraction of sp³-hybridized carbons (Fsp3) is 0.409. The minimum Gasteiger partial charge on any atom is -0.497 e. The lowest BCUT2D eigenvalue weighted by Gasteiger charge is -2.28. The molecule has 1 atom stereocenters. The van der Waals surface area contributed by atoms with E-state index < -0.39 is 0 Å². The smallest absolute Gasteiger partial charge is 0.251 e. The number of methoxy groups -OCH3 is 1. The molecule has 0 spiro atoms. The van der Waals surface area contributed by atoms with Gasteiger partial charge in [0.2, 0.25) is 0 Å². The van der Waals surface area contributed by atoms with E-state index in [2.05, 4.69) is 22.3 Å². The van der Waals surface area contributed by atoms with Crippen LogP contribution in [0.3, 0.4) is 0 Å². The van der Waals surface area contributed by atoms with Crippen molar-refractivity contribution >= 4 is 17.5 Å². The molecule has 0 aromatic heterocycles. The molecule has 1 unspecified atom stereocenters. The quantitative estimate of drug-likeness (QED) is 0.778. The highest BCUT2D eigenvalue weighted by Crippen LogP contribution is 2.38. The van der Waals surface area contributed by atoms with Crippen LogP contribution in [-0.4, -0.2) is 50.8 Å². The zero-order valence-corrected chi connectivity index (χ0v) is 17.2. The largest absolute Gasteiger partial charge is 0.497 e. The van der Waals surface area contributed by atoms with Gasteiger partial charge in [0.1, 0.15) is 19.0 Å². The summed E-state index contributed by atoms with van der Waals surface area (Å²) < 4.78 is 16.4. The predicted molar refractivity (Wildman–Crippen MR) is 111 cm³/mol. The first-order valence-corrected chi connectivity index (χ1v) is 10.3. The molecule has 0 aliphatic carbocycles. The average molecular weight is 417 g/mol. The highest BCUT2D eigenvalue weighted by Gasteiger charge is 2.25. The first kappa shape index (κ1) is 19.9. The molecule has 0 radical (unpaired) electrons. The van der Waals surface area contributed by atoms with Crippen LogP contribution in [0.2, 0.25) is 5.02 Å². The molecule has 2 heterocycles. The van der Waals surface area contributed by atoms with Crippen molar-refractivity contribution in [3.63, 3.8) is 0 Å². The summed E-state index contributed by atoms with van der Waals surface area (Å²) in [5.41, 5.74) is 1.63. The maximum Gasteiger partial charge on any atom is 0.251 e. The number of nitrogens with one attached hydrogen (secondary N) is 1. The number of carbonyl (C=O) groups excluding carboxylic acids is 1. The van der Waals surface area contributed by atoms with Crippen LogP contribution < -0.4 is 19.5 Å². The van der Waals surface area contributed by atoms with Gasteiger partial charge in [0.25, 0.3) is 5.91 Å². The molecule has 6 nitrogen and oxygen atoms in total. The number of likely N-dealkylation sites (tertiary alicyclic amines) is 1. The number of hydrogen-bond acceptors (Lipinski definition) is 5. The van der Waals surface area contributed by atoms with E-state index >= 15 is 0 Å². The Balaban J connectivity index is 1.49. The lowest BCUT2D eigenvalue weighted by atomic mass is 10.0. The fourth-order valence-electron chi connectivity index (χ4n) is 3.87. The van der Waals surface area contributed by atoms with Gasteiger partial charge in [0, 0.05) is 12.1 Å². The Hall–Kier alpha value is -2.44. The van der Waals surface area contributed by atoms with E-state index in [1.807, 2.05) is 12.1 Å². The van der Waals surface area contributed by atoms with Crippen LogP contribution in [0.15, 0.2) is 36.4 Å². The number of fused-ring (bicyclic) bond motifs is 1. The summed E-state index contributed by atoms with van der Waals surface area (Å²) in [4.78, 5) is 15.2. The molecular weight excluding hydrogens is 392 g/mol. The van der Waals surface area contributed by atoms with E-state index in [0.29, 0.717) is 41.8 Å². The van der Waals surface area contributed by atoms with Gasteiger partial charge in [0.15, 0.2) is 11.5 Å². The molecule has 7 heteroatoms. The molecule has 1 N–H and O–H groups in total. The van der Waals surface area contributed by atoms with Crippen molar-refractivity contribution < 1.29 is 19.0 Å². The van der Waals surface area contributed by atoms with Crippen molar-refractivity contribution in [2.24, 2.45) is 0 Å². The number of nitrogens with zero attached hydrogens (tertiary/aromatic N) is 1. The zero-order chi connectivity index (χ0) is 20.2. The molecule has 4 rings (SSSR count). The molecule has 1 fully saturated rings. The maximum absolute atomic E-state index is 12.8. The van der Waals surface area contributed by atoms with Crippen molar-refractivity contribution in [2.75, 3.05) is 40.0 Å². The van der Waals surface area contributed by atoms with Crippen molar-refractivity contribution in [3.05, 3.63) is 52.5 Å². The highest BCUT2D eigenvalue weighted by molar-refractivity contribution is 6.32. The van der Waals surface area contributed by atoms with E-state index in [-0.39, 0.29) is 11.9 Å². The topological polar surface area (TPSA) is 60.0 Å². The molecule has 0 saturated carbocycles. The third kappa shape index (κ3) is 4.43. The Kier molecular flexibility index (Phi) is 6.11. The minimum absolute atomic E-state index is 0.111. The first-order chi connectivity index (χ1) is 14.2. The van der Waals surface area contributed by atoms with Gasteiger partial charge in [0.05, 0.1) is 18.2 Å². The second kappa shape index (κ2) is 8.93. The number of carbonyl (C=O) groups is 1. The SMILES string of the molecule is COc1ccc(C(CNC(=O)c2cc(Cl)c3c(c2)OCCO3)N2CCCC2)cc1. The Morgan fingerprint density at radius 3 is 2.62 bits per heavy atom. The van der Waals surface area contributed by atoms with Gasteiger partial charge in [-0.3, -0.25) is 9.69 Å². The van der Waals surface area contributed by atoms with Gasteiger partial charge in [-0.2, -0.15) is 0 Å². The molecule has 29 heavy (non-hydrogen) atoms. The summed E-state index contributed by atoms with van der Waals surface area (Å²) in [5, 5.41) is 3.46. The Bertz CT molecular complexity index is 866. The minimum atomic E-state index is -0.179. The normalized spacial score (nSPS) is 17.0. The van der Waals surface area contributed by atoms with Gasteiger partial charge < -0.3 is 19.5 Å². The zero-order valence-electron chi connectivity index (χ0n) is 16.4. The van der Waals surface area contributed by atoms with Crippen LogP contribution in [0.4, 0.5) is 0 Å². The molecule has 2 aliphatic heterocycles. The van der Waals surface area contributed by atoms with Crippen LogP contribution in [0.25, 0.3) is 0 Å². The van der Waals surface area contributed by atoms with Gasteiger partial charge in [-0.05, 0) is 55.8 Å². The number of ether oxygens (including phenoxy) is 3. The van der Waals surface area contributed by atoms with E-state index in [4.69, 9.17) is 25.8 Å². The van der Waals surface area contributed by atoms with Crippen molar-refractivity contribution in [3.8, 4) is 17.2 Å². The van der Waals surface area contributed by atoms with Gasteiger partial charge in [-0.25, -0.2) is 0 Å². The van der Waals surface area contributed by atoms with Crippen molar-refractivity contribution in [1.82, 2.24) is 10.2 Å². The number of rotatable bonds is 6. The molecule has 2 aliphatic rings. The van der Waals surface area contributed by atoms with E-state index in [1.54, 1.807) is 19.2 Å². The predicted octanol–water partition coefficient (Wildman–Crippen LogP) is 3.69. The number of hydrogen-bond donors (Lipinski definition) is 1. The van der Waals surface area contributed by atoms with Crippen molar-refractivity contribution in [2.45, 2.75) is 18.9 Å². The number of amides is 1. The summed E-state index contributed by atoms with van der Waals surface area (Å²) in [5.74, 6) is 1.66. The average Bonchev–Trinajstić information content (AvgIpc) is 3.29. The van der Waals surface area contributed by atoms with Crippen LogP contribution in [0.1, 0.15) is 34.8 Å². The van der Waals surface area contributed by atoms with Gasteiger partial charge >= 0.3 is 0 Å². The van der Waals surface area contributed by atoms with E-state index in [1.165, 1.54) is 12.8 Å². The van der Waals surface area contributed by atoms with Crippen molar-refractivity contribution in [1.29, 1.82) is 0 Å². The molecule has 1 saturated heterocycles. The van der Waals surface area contributed by atoms with Gasteiger partial charge in [-0.1, -0.05) is 23.7 Å². The van der Waals surface area contributed by atoms with Crippen LogP contribution in [0.5, 0.6) is 17.2 Å². The monoisotopic (exact) mass is 416 g/mol. The standard InChI is InChI=1S/C22H25ClN2O4/c1-27-17-6-4-15(5-7-17)19(25-8-2-3-9-25)14-24-22(26)16-12-18(23)21-20(13-16)28-10-11-29-21/h4-7,12-13,19H,2-3,8-11,14H2,1H3,(H,24,26). The molecule has 0 bridgehead atoms. The summed E-state index contributed by atoms with van der Waals surface area (Å²) in [6.45, 7) is 3.47. The van der Waals surface area contributed by atoms with Crippen LogP contribution >= 0.6 is 11.6 Å². The molecule has 2 aromatic rings. The third-order valence-electron chi connectivity index (χ3n) is 5.40. The molecular formula is C22H25ClN2O4.